The number of aryl methyl sites for hydroxylation is 2. The van der Waals surface area contributed by atoms with E-state index in [9.17, 15) is 5.11 Å². The second kappa shape index (κ2) is 10.9. The van der Waals surface area contributed by atoms with Gasteiger partial charge in [0.05, 0.1) is 6.10 Å². The van der Waals surface area contributed by atoms with Gasteiger partial charge in [0.1, 0.15) is 0 Å². The third-order valence-corrected chi connectivity index (χ3v) is 3.99. The minimum atomic E-state index is -0.119. The highest BCUT2D eigenvalue weighted by molar-refractivity contribution is 5.22. The highest BCUT2D eigenvalue weighted by atomic mass is 16.3. The van der Waals surface area contributed by atoms with E-state index >= 15 is 0 Å². The van der Waals surface area contributed by atoms with Gasteiger partial charge in [0.25, 0.3) is 0 Å². The average molecular weight is 276 g/mol. The van der Waals surface area contributed by atoms with E-state index in [1.807, 2.05) is 0 Å². The molecule has 1 unspecified atom stereocenters. The van der Waals surface area contributed by atoms with Crippen LogP contribution in [-0.4, -0.2) is 11.2 Å². The van der Waals surface area contributed by atoms with Crippen LogP contribution in [-0.2, 0) is 6.42 Å². The van der Waals surface area contributed by atoms with Crippen LogP contribution in [0.2, 0.25) is 0 Å². The van der Waals surface area contributed by atoms with Gasteiger partial charge in [-0.15, -0.1) is 0 Å². The molecule has 0 amide bonds. The lowest BCUT2D eigenvalue weighted by molar-refractivity contribution is 0.151. The molecule has 0 spiro atoms. The largest absolute Gasteiger partial charge is 0.393 e. The van der Waals surface area contributed by atoms with Gasteiger partial charge in [-0.25, -0.2) is 0 Å². The second-order valence-corrected chi connectivity index (χ2v) is 6.09. The van der Waals surface area contributed by atoms with E-state index in [1.54, 1.807) is 0 Å². The Morgan fingerprint density at radius 2 is 1.65 bits per heavy atom. The third kappa shape index (κ3) is 8.37. The van der Waals surface area contributed by atoms with Gasteiger partial charge >= 0.3 is 0 Å². The molecule has 0 aliphatic carbocycles. The van der Waals surface area contributed by atoms with E-state index < -0.39 is 0 Å². The maximum atomic E-state index is 10.0. The normalized spacial score (nSPS) is 12.6. The first kappa shape index (κ1) is 17.2. The van der Waals surface area contributed by atoms with Crippen molar-refractivity contribution >= 4 is 0 Å². The zero-order chi connectivity index (χ0) is 14.6. The molecule has 0 bridgehead atoms. The van der Waals surface area contributed by atoms with E-state index in [0.717, 1.165) is 19.3 Å². The van der Waals surface area contributed by atoms with E-state index in [1.165, 1.54) is 56.1 Å². The molecule has 0 heterocycles. The Balaban J connectivity index is 2.01. The number of benzene rings is 1. The van der Waals surface area contributed by atoms with Gasteiger partial charge in [-0.05, 0) is 31.7 Å². The summed E-state index contributed by atoms with van der Waals surface area (Å²) in [6.45, 7) is 4.38. The number of aliphatic hydroxyl groups excluding tert-OH is 1. The fourth-order valence-corrected chi connectivity index (χ4v) is 2.68. The standard InChI is InChI=1S/C19H32O/c1-3-4-5-6-7-8-9-13-19(20)15-14-18-12-10-11-17(2)16-18/h10-12,16,19-20H,3-9,13-15H2,1-2H3. The molecule has 114 valence electrons. The Labute approximate surface area is 125 Å². The predicted octanol–water partition coefficient (Wildman–Crippen LogP) is 5.43. The first-order valence-corrected chi connectivity index (χ1v) is 8.46. The minimum absolute atomic E-state index is 0.119. The van der Waals surface area contributed by atoms with Crippen molar-refractivity contribution in [2.24, 2.45) is 0 Å². The Bertz CT molecular complexity index is 345. The monoisotopic (exact) mass is 276 g/mol. The smallest absolute Gasteiger partial charge is 0.0543 e. The fourth-order valence-electron chi connectivity index (χ4n) is 2.68. The fraction of sp³-hybridized carbons (Fsp3) is 0.684. The summed E-state index contributed by atoms with van der Waals surface area (Å²) in [5, 5.41) is 10.0. The zero-order valence-corrected chi connectivity index (χ0v) is 13.4. The first-order chi connectivity index (χ1) is 9.72. The molecule has 1 nitrogen and oxygen atoms in total. The van der Waals surface area contributed by atoms with Crippen LogP contribution in [0.3, 0.4) is 0 Å². The van der Waals surface area contributed by atoms with Crippen molar-refractivity contribution in [2.45, 2.75) is 84.2 Å². The van der Waals surface area contributed by atoms with Crippen LogP contribution in [0, 0.1) is 6.92 Å². The number of hydrogen-bond donors (Lipinski definition) is 1. The zero-order valence-electron chi connectivity index (χ0n) is 13.4. The summed E-state index contributed by atoms with van der Waals surface area (Å²) in [6.07, 6.45) is 12.0. The van der Waals surface area contributed by atoms with Crippen LogP contribution >= 0.6 is 0 Å². The quantitative estimate of drug-likeness (QED) is 0.534. The molecule has 0 fully saturated rings. The van der Waals surface area contributed by atoms with Crippen molar-refractivity contribution in [1.29, 1.82) is 0 Å². The molecule has 1 heteroatoms. The second-order valence-electron chi connectivity index (χ2n) is 6.09. The molecule has 1 rings (SSSR count). The molecule has 1 aromatic carbocycles. The molecule has 1 N–H and O–H groups in total. The van der Waals surface area contributed by atoms with E-state index in [0.29, 0.717) is 0 Å². The number of unbranched alkanes of at least 4 members (excludes halogenated alkanes) is 6. The van der Waals surface area contributed by atoms with E-state index in [2.05, 4.69) is 38.1 Å². The molecule has 1 atom stereocenters. The van der Waals surface area contributed by atoms with Crippen molar-refractivity contribution in [2.75, 3.05) is 0 Å². The van der Waals surface area contributed by atoms with Crippen LogP contribution in [0.25, 0.3) is 0 Å². The summed E-state index contributed by atoms with van der Waals surface area (Å²) in [5.74, 6) is 0. The summed E-state index contributed by atoms with van der Waals surface area (Å²) >= 11 is 0. The van der Waals surface area contributed by atoms with Crippen LogP contribution < -0.4 is 0 Å². The minimum Gasteiger partial charge on any atom is -0.393 e. The van der Waals surface area contributed by atoms with Gasteiger partial charge in [-0.3, -0.25) is 0 Å². The number of hydrogen-bond acceptors (Lipinski definition) is 1. The summed E-state index contributed by atoms with van der Waals surface area (Å²) in [6, 6.07) is 8.61. The summed E-state index contributed by atoms with van der Waals surface area (Å²) in [5.41, 5.74) is 2.66. The van der Waals surface area contributed by atoms with Crippen LogP contribution in [0.5, 0.6) is 0 Å². The summed E-state index contributed by atoms with van der Waals surface area (Å²) in [7, 11) is 0. The van der Waals surface area contributed by atoms with Crippen LogP contribution in [0.15, 0.2) is 24.3 Å². The molecule has 0 radical (unpaired) electrons. The van der Waals surface area contributed by atoms with Crippen molar-refractivity contribution in [3.8, 4) is 0 Å². The Morgan fingerprint density at radius 1 is 0.950 bits per heavy atom. The Hall–Kier alpha value is -0.820. The maximum absolute atomic E-state index is 10.0. The molecule has 0 aromatic heterocycles. The third-order valence-electron chi connectivity index (χ3n) is 3.99. The molecule has 20 heavy (non-hydrogen) atoms. The molecular formula is C19H32O. The summed E-state index contributed by atoms with van der Waals surface area (Å²) in [4.78, 5) is 0. The molecule has 0 saturated carbocycles. The average Bonchev–Trinajstić information content (AvgIpc) is 2.44. The Morgan fingerprint density at radius 3 is 2.35 bits per heavy atom. The van der Waals surface area contributed by atoms with Gasteiger partial charge in [-0.1, -0.05) is 81.7 Å². The van der Waals surface area contributed by atoms with Crippen molar-refractivity contribution in [3.63, 3.8) is 0 Å². The number of aliphatic hydroxyl groups is 1. The van der Waals surface area contributed by atoms with Gasteiger partial charge in [0.15, 0.2) is 0 Å². The topological polar surface area (TPSA) is 20.2 Å². The highest BCUT2D eigenvalue weighted by Crippen LogP contribution is 2.13. The van der Waals surface area contributed by atoms with Crippen LogP contribution in [0.4, 0.5) is 0 Å². The lowest BCUT2D eigenvalue weighted by Gasteiger charge is -2.10. The predicted molar refractivity (Wildman–Crippen MR) is 88.1 cm³/mol. The molecule has 0 aliphatic rings. The van der Waals surface area contributed by atoms with E-state index in [-0.39, 0.29) is 6.10 Å². The number of rotatable bonds is 11. The lowest BCUT2D eigenvalue weighted by Crippen LogP contribution is -2.07. The molecule has 0 aliphatic heterocycles. The summed E-state index contributed by atoms with van der Waals surface area (Å²) < 4.78 is 0. The van der Waals surface area contributed by atoms with Gasteiger partial charge in [0, 0.05) is 0 Å². The van der Waals surface area contributed by atoms with Gasteiger partial charge in [0.2, 0.25) is 0 Å². The maximum Gasteiger partial charge on any atom is 0.0543 e. The molecule has 0 saturated heterocycles. The van der Waals surface area contributed by atoms with Crippen molar-refractivity contribution in [3.05, 3.63) is 35.4 Å². The molecular weight excluding hydrogens is 244 g/mol. The highest BCUT2D eigenvalue weighted by Gasteiger charge is 2.04. The first-order valence-electron chi connectivity index (χ1n) is 8.46. The van der Waals surface area contributed by atoms with E-state index in [4.69, 9.17) is 0 Å². The SMILES string of the molecule is CCCCCCCCCC(O)CCc1cccc(C)c1. The van der Waals surface area contributed by atoms with Crippen molar-refractivity contribution < 1.29 is 5.11 Å². The van der Waals surface area contributed by atoms with Gasteiger partial charge in [-0.2, -0.15) is 0 Å². The van der Waals surface area contributed by atoms with Crippen LogP contribution in [0.1, 0.15) is 75.8 Å². The lowest BCUT2D eigenvalue weighted by atomic mass is 10.0. The van der Waals surface area contributed by atoms with Gasteiger partial charge < -0.3 is 5.11 Å². The van der Waals surface area contributed by atoms with Crippen molar-refractivity contribution in [1.82, 2.24) is 0 Å². The Kier molecular flexibility index (Phi) is 9.40. The molecule has 1 aromatic rings.